The van der Waals surface area contributed by atoms with E-state index in [1.807, 2.05) is 0 Å². The highest BCUT2D eigenvalue weighted by Crippen LogP contribution is 2.39. The van der Waals surface area contributed by atoms with Crippen molar-refractivity contribution in [2.24, 2.45) is 5.11 Å². The van der Waals surface area contributed by atoms with Gasteiger partial charge in [-0.25, -0.2) is 9.18 Å². The van der Waals surface area contributed by atoms with Crippen molar-refractivity contribution in [1.82, 2.24) is 9.55 Å². The summed E-state index contributed by atoms with van der Waals surface area (Å²) in [7, 11) is 0. The van der Waals surface area contributed by atoms with E-state index in [4.69, 9.17) is 10.3 Å². The van der Waals surface area contributed by atoms with Gasteiger partial charge in [0.15, 0.2) is 12.4 Å². The van der Waals surface area contributed by atoms with E-state index >= 15 is 0 Å². The summed E-state index contributed by atoms with van der Waals surface area (Å²) in [6, 6.07) is 1.30. The molecule has 0 bridgehead atoms. The Balaban J connectivity index is 2.30. The van der Waals surface area contributed by atoms with Gasteiger partial charge in [0.2, 0.25) is 5.72 Å². The fourth-order valence-corrected chi connectivity index (χ4v) is 2.20. The Morgan fingerprint density at radius 1 is 1.71 bits per heavy atom. The zero-order chi connectivity index (χ0) is 17.9. The number of nitrogens with one attached hydrogen (secondary N) is 1. The molecule has 1 aliphatic heterocycles. The van der Waals surface area contributed by atoms with Crippen LogP contribution in [0, 0.1) is 0 Å². The van der Waals surface area contributed by atoms with Gasteiger partial charge in [0, 0.05) is 11.1 Å². The fourth-order valence-electron chi connectivity index (χ4n) is 2.20. The zero-order valence-corrected chi connectivity index (χ0v) is 12.5. The van der Waals surface area contributed by atoms with E-state index in [0.29, 0.717) is 0 Å². The van der Waals surface area contributed by atoms with Gasteiger partial charge < -0.3 is 20.3 Å². The van der Waals surface area contributed by atoms with Gasteiger partial charge in [0.25, 0.3) is 0 Å². The Bertz CT molecular complexity index is 735. The molecule has 11 nitrogen and oxygen atoms in total. The van der Waals surface area contributed by atoms with Crippen LogP contribution in [0.5, 0.6) is 0 Å². The van der Waals surface area contributed by atoms with Gasteiger partial charge >= 0.3 is 5.69 Å². The van der Waals surface area contributed by atoms with Gasteiger partial charge in [0.1, 0.15) is 17.7 Å². The Labute approximate surface area is 134 Å². The number of carbonyl (C=O) groups excluding carboxylic acids is 1. The first-order chi connectivity index (χ1) is 11.3. The predicted molar refractivity (Wildman–Crippen MR) is 77.7 cm³/mol. The van der Waals surface area contributed by atoms with Gasteiger partial charge in [0.05, 0.1) is 13.2 Å². The van der Waals surface area contributed by atoms with Crippen molar-refractivity contribution in [3.05, 3.63) is 33.2 Å². The first-order valence-corrected chi connectivity index (χ1v) is 6.84. The number of anilines is 1. The van der Waals surface area contributed by atoms with Crippen LogP contribution in [0.1, 0.15) is 13.2 Å². The van der Waals surface area contributed by atoms with E-state index < -0.39 is 36.5 Å². The van der Waals surface area contributed by atoms with E-state index in [0.717, 1.165) is 10.8 Å². The Hall–Kier alpha value is -2.53. The number of azide groups is 1. The lowest BCUT2D eigenvalue weighted by atomic mass is 10.1. The maximum atomic E-state index is 14.3. The number of ketones is 1. The first-order valence-electron chi connectivity index (χ1n) is 6.84. The van der Waals surface area contributed by atoms with Crippen molar-refractivity contribution in [2.75, 3.05) is 18.5 Å². The molecular weight excluding hydrogens is 327 g/mol. The van der Waals surface area contributed by atoms with Crippen LogP contribution >= 0.6 is 0 Å². The number of hydrogen-bond donors (Lipinski definition) is 3. The minimum atomic E-state index is -2.23. The zero-order valence-electron chi connectivity index (χ0n) is 12.5. The third-order valence-electron chi connectivity index (χ3n) is 3.42. The summed E-state index contributed by atoms with van der Waals surface area (Å²) >= 11 is 0. The minimum Gasteiger partial charge on any atom is -0.393 e. The second kappa shape index (κ2) is 6.93. The number of ether oxygens (including phenoxy) is 1. The average molecular weight is 342 g/mol. The van der Waals surface area contributed by atoms with Crippen LogP contribution in [0.25, 0.3) is 10.4 Å². The lowest BCUT2D eigenvalue weighted by Crippen LogP contribution is -2.43. The molecule has 0 aromatic carbocycles. The molecule has 12 heteroatoms. The Morgan fingerprint density at radius 2 is 2.42 bits per heavy atom. The molecule has 1 aromatic heterocycles. The topological polar surface area (TPSA) is 162 Å². The van der Waals surface area contributed by atoms with Gasteiger partial charge in [-0.2, -0.15) is 4.98 Å². The summed E-state index contributed by atoms with van der Waals surface area (Å²) in [5, 5.41) is 24.8. The summed E-state index contributed by atoms with van der Waals surface area (Å²) in [6.45, 7) is 0.334. The molecule has 0 radical (unpaired) electrons. The normalized spacial score (nSPS) is 29.1. The summed E-state index contributed by atoms with van der Waals surface area (Å²) in [4.78, 5) is 28.9. The predicted octanol–water partition coefficient (Wildman–Crippen LogP) is -0.529. The number of aliphatic hydroxyl groups is 2. The molecular formula is C12H15FN6O5. The van der Waals surface area contributed by atoms with Crippen LogP contribution in [0.4, 0.5) is 10.2 Å². The lowest BCUT2D eigenvalue weighted by molar-refractivity contribution is -0.124. The summed E-state index contributed by atoms with van der Waals surface area (Å²) in [5.74, 6) is -0.0713. The number of alkyl halides is 1. The number of aromatic nitrogens is 2. The summed E-state index contributed by atoms with van der Waals surface area (Å²) < 4.78 is 20.2. The molecule has 0 saturated carbocycles. The highest BCUT2D eigenvalue weighted by atomic mass is 19.1. The van der Waals surface area contributed by atoms with Crippen molar-refractivity contribution in [3.63, 3.8) is 0 Å². The first kappa shape index (κ1) is 17.8. The molecule has 1 fully saturated rings. The maximum absolute atomic E-state index is 14.3. The number of hydrogen-bond acceptors (Lipinski definition) is 8. The highest BCUT2D eigenvalue weighted by Gasteiger charge is 2.56. The number of nitrogens with zero attached hydrogens (tertiary/aromatic N) is 5. The number of Topliss-reactive ketones (excluding diaryl/α,β-unsaturated/α-hetero) is 1. The second-order valence-electron chi connectivity index (χ2n) is 5.15. The summed E-state index contributed by atoms with van der Waals surface area (Å²) in [6.07, 6.45) is -4.60. The molecule has 3 N–H and O–H groups in total. The Morgan fingerprint density at radius 3 is 2.96 bits per heavy atom. The molecule has 130 valence electrons. The van der Waals surface area contributed by atoms with E-state index in [2.05, 4.69) is 20.3 Å². The van der Waals surface area contributed by atoms with Crippen LogP contribution in [0.2, 0.25) is 0 Å². The molecule has 2 heterocycles. The molecule has 24 heavy (non-hydrogen) atoms. The monoisotopic (exact) mass is 342 g/mol. The van der Waals surface area contributed by atoms with Crippen molar-refractivity contribution in [1.29, 1.82) is 0 Å². The molecule has 0 amide bonds. The van der Waals surface area contributed by atoms with Gasteiger partial charge in [-0.15, -0.1) is 0 Å². The number of halogens is 1. The number of aliphatic hydroxyl groups excluding tert-OH is 2. The maximum Gasteiger partial charge on any atom is 0.351 e. The van der Waals surface area contributed by atoms with Crippen LogP contribution in [0.3, 0.4) is 0 Å². The number of rotatable bonds is 6. The summed E-state index contributed by atoms with van der Waals surface area (Å²) in [5.41, 5.74) is 5.34. The van der Waals surface area contributed by atoms with E-state index in [1.165, 1.54) is 13.0 Å². The fraction of sp³-hybridized carbons (Fsp3) is 0.583. The van der Waals surface area contributed by atoms with Gasteiger partial charge in [-0.1, -0.05) is 5.11 Å². The quantitative estimate of drug-likeness (QED) is 0.355. The van der Waals surface area contributed by atoms with Crippen LogP contribution < -0.4 is 11.0 Å². The standard InChI is InChI=1S/C12H15FN6O5/c1-6(21)4-15-7-2-3-19(11(23)16-7)10-8(13)9(22)12(5-20,24-10)17-18-14/h2-3,8-10,20,22H,4-5H2,1H3,(H,15,16,23)/t8-,9?,10?,12+/m0/s1. The molecule has 2 unspecified atom stereocenters. The van der Waals surface area contributed by atoms with Gasteiger partial charge in [-0.3, -0.25) is 9.36 Å². The molecule has 1 aliphatic rings. The second-order valence-corrected chi connectivity index (χ2v) is 5.15. The van der Waals surface area contributed by atoms with E-state index in [-0.39, 0.29) is 18.1 Å². The highest BCUT2D eigenvalue weighted by molar-refractivity contribution is 5.79. The molecule has 1 saturated heterocycles. The lowest BCUT2D eigenvalue weighted by Gasteiger charge is -2.23. The number of carbonyl (C=O) groups is 1. The molecule has 1 aromatic rings. The van der Waals surface area contributed by atoms with Crippen molar-refractivity contribution in [2.45, 2.75) is 31.2 Å². The Kier molecular flexibility index (Phi) is 5.14. The largest absolute Gasteiger partial charge is 0.393 e. The molecule has 0 aliphatic carbocycles. The van der Waals surface area contributed by atoms with Crippen molar-refractivity contribution < 1.29 is 24.1 Å². The molecule has 4 atom stereocenters. The minimum absolute atomic E-state index is 0.0364. The molecule has 2 rings (SSSR count). The average Bonchev–Trinajstić information content (AvgIpc) is 2.79. The third-order valence-corrected chi connectivity index (χ3v) is 3.42. The van der Waals surface area contributed by atoms with Crippen molar-refractivity contribution in [3.8, 4) is 0 Å². The van der Waals surface area contributed by atoms with Crippen LogP contribution in [0.15, 0.2) is 22.2 Å². The van der Waals surface area contributed by atoms with Crippen LogP contribution in [-0.4, -0.2) is 56.7 Å². The van der Waals surface area contributed by atoms with E-state index in [1.54, 1.807) is 0 Å². The van der Waals surface area contributed by atoms with Crippen molar-refractivity contribution >= 4 is 11.6 Å². The smallest absolute Gasteiger partial charge is 0.351 e. The van der Waals surface area contributed by atoms with Crippen LogP contribution in [-0.2, 0) is 9.53 Å². The van der Waals surface area contributed by atoms with E-state index in [9.17, 15) is 24.2 Å². The SMILES string of the molecule is CC(=O)CNc1ccn(C2O[C@@](CO)(N=[N+]=[N-])C(O)[C@@H]2F)c(=O)n1. The molecule has 0 spiro atoms. The third kappa shape index (κ3) is 3.21. The van der Waals surface area contributed by atoms with Gasteiger partial charge in [-0.05, 0) is 18.5 Å².